The fraction of sp³-hybridized carbons (Fsp3) is 0.316. The van der Waals surface area contributed by atoms with Gasteiger partial charge in [-0.2, -0.15) is 0 Å². The summed E-state index contributed by atoms with van der Waals surface area (Å²) in [4.78, 5) is 10.8. The summed E-state index contributed by atoms with van der Waals surface area (Å²) < 4.78 is 43.8. The third-order valence-corrected chi connectivity index (χ3v) is 6.19. The lowest BCUT2D eigenvalue weighted by Gasteiger charge is -2.22. The Morgan fingerprint density at radius 2 is 2.00 bits per heavy atom. The number of anilines is 1. The minimum absolute atomic E-state index is 0.0205. The van der Waals surface area contributed by atoms with Crippen LogP contribution in [-0.4, -0.2) is 20.4 Å². The molecule has 0 fully saturated rings. The Bertz CT molecular complexity index is 950. The molecule has 0 aliphatic rings. The maximum absolute atomic E-state index is 14.6. The second-order valence-electron chi connectivity index (χ2n) is 7.28. The lowest BCUT2D eigenvalue weighted by molar-refractivity contribution is -0.384. The molecule has 0 aromatic heterocycles. The summed E-state index contributed by atoms with van der Waals surface area (Å²) in [6.07, 6.45) is 1.37. The van der Waals surface area contributed by atoms with Crippen LogP contribution in [0, 0.1) is 21.7 Å². The van der Waals surface area contributed by atoms with Gasteiger partial charge in [-0.05, 0) is 39.0 Å². The predicted molar refractivity (Wildman–Crippen MR) is 120 cm³/mol. The molecule has 0 bridgehead atoms. The van der Waals surface area contributed by atoms with Crippen LogP contribution < -0.4 is 5.32 Å². The number of nitro benzene ring substituents is 1. The van der Waals surface area contributed by atoms with Crippen LogP contribution >= 0.6 is 27.5 Å². The van der Waals surface area contributed by atoms with E-state index in [2.05, 4.69) is 25.6 Å². The van der Waals surface area contributed by atoms with Crippen LogP contribution in [-0.2, 0) is 11.4 Å². The summed E-state index contributed by atoms with van der Waals surface area (Å²) in [5, 5.41) is 14.5. The molecule has 0 spiro atoms. The number of hydrogen-bond acceptors (Lipinski definition) is 5. The zero-order valence-corrected chi connectivity index (χ0v) is 19.4. The van der Waals surface area contributed by atoms with E-state index in [0.717, 1.165) is 6.07 Å². The third kappa shape index (κ3) is 6.37. The van der Waals surface area contributed by atoms with Crippen molar-refractivity contribution in [2.45, 2.75) is 38.0 Å². The highest BCUT2D eigenvalue weighted by Gasteiger charge is 2.27. The largest absolute Gasteiger partial charge is 0.591 e. The van der Waals surface area contributed by atoms with Crippen molar-refractivity contribution in [3.05, 3.63) is 67.1 Å². The molecule has 0 heterocycles. The van der Waals surface area contributed by atoms with Crippen molar-refractivity contribution in [2.75, 3.05) is 5.32 Å². The van der Waals surface area contributed by atoms with Crippen molar-refractivity contribution < 1.29 is 18.3 Å². The predicted octanol–water partition coefficient (Wildman–Crippen LogP) is 6.37. The van der Waals surface area contributed by atoms with Gasteiger partial charge in [0.2, 0.25) is 0 Å². The molecule has 30 heavy (non-hydrogen) atoms. The van der Waals surface area contributed by atoms with Gasteiger partial charge >= 0.3 is 0 Å². The van der Waals surface area contributed by atoms with E-state index in [0.29, 0.717) is 6.07 Å². The average Bonchev–Trinajstić information content (AvgIpc) is 2.59. The molecule has 0 radical (unpaired) electrons. The molecular formula is C19H19BrClF2N3O3S. The normalized spacial score (nSPS) is 14.0. The van der Waals surface area contributed by atoms with Crippen molar-refractivity contribution in [1.82, 2.24) is 0 Å². The van der Waals surface area contributed by atoms with Gasteiger partial charge < -0.3 is 9.87 Å². The number of benzene rings is 2. The zero-order chi connectivity index (χ0) is 22.6. The van der Waals surface area contributed by atoms with E-state index in [4.69, 9.17) is 11.6 Å². The standard InChI is InChI=1S/C19H19BrClF2N3O3S/c1-19(2,3)30(29)24-7-6-15(18-13(20)9-12(22)10-14(18)23)25-16-8-11(21)4-5-17(16)26(27)28/h4-5,7-10,15,25H,6H2,1-3H3/t15-,30?/m1/s1. The van der Waals surface area contributed by atoms with E-state index < -0.39 is 38.7 Å². The first-order chi connectivity index (χ1) is 13.9. The molecule has 2 aromatic carbocycles. The van der Waals surface area contributed by atoms with E-state index in [-0.39, 0.29) is 32.9 Å². The van der Waals surface area contributed by atoms with Gasteiger partial charge in [0.1, 0.15) is 33.4 Å². The first kappa shape index (κ1) is 24.5. The van der Waals surface area contributed by atoms with Gasteiger partial charge in [0, 0.05) is 33.6 Å². The first-order valence-corrected chi connectivity index (χ1v) is 11.0. The highest BCUT2D eigenvalue weighted by Crippen LogP contribution is 2.35. The van der Waals surface area contributed by atoms with Crippen LogP contribution in [0.15, 0.2) is 39.2 Å². The van der Waals surface area contributed by atoms with E-state index in [1.165, 1.54) is 24.4 Å². The molecule has 2 aromatic rings. The number of nitrogens with zero attached hydrogens (tertiary/aromatic N) is 2. The minimum atomic E-state index is -1.54. The highest BCUT2D eigenvalue weighted by molar-refractivity contribution is 9.10. The second-order valence-corrected chi connectivity index (χ2v) is 10.5. The summed E-state index contributed by atoms with van der Waals surface area (Å²) in [6.45, 7) is 5.26. The van der Waals surface area contributed by atoms with Crippen molar-refractivity contribution in [1.29, 1.82) is 0 Å². The summed E-state index contributed by atoms with van der Waals surface area (Å²) >= 11 is 7.57. The molecule has 0 saturated carbocycles. The van der Waals surface area contributed by atoms with Gasteiger partial charge in [0.25, 0.3) is 5.69 Å². The highest BCUT2D eigenvalue weighted by atomic mass is 79.9. The summed E-state index contributed by atoms with van der Waals surface area (Å²) in [7, 11) is 0. The van der Waals surface area contributed by atoms with Gasteiger partial charge in [0.15, 0.2) is 0 Å². The van der Waals surface area contributed by atoms with Gasteiger partial charge in [-0.1, -0.05) is 31.9 Å². The van der Waals surface area contributed by atoms with Gasteiger partial charge in [0.05, 0.1) is 17.2 Å². The molecule has 2 atom stereocenters. The van der Waals surface area contributed by atoms with E-state index >= 15 is 0 Å². The molecule has 6 nitrogen and oxygen atoms in total. The Balaban J connectivity index is 2.47. The number of nitrogens with one attached hydrogen (secondary N) is 1. The molecule has 0 saturated heterocycles. The Kier molecular flexibility index (Phi) is 8.20. The number of halogens is 4. The molecule has 162 valence electrons. The fourth-order valence-electron chi connectivity index (χ4n) is 2.48. The maximum atomic E-state index is 14.6. The quantitative estimate of drug-likeness (QED) is 0.198. The molecule has 0 aliphatic carbocycles. The fourth-order valence-corrected chi connectivity index (χ4v) is 3.87. The number of hydrogen-bond donors (Lipinski definition) is 1. The van der Waals surface area contributed by atoms with Gasteiger partial charge in [-0.3, -0.25) is 10.1 Å². The molecule has 1 N–H and O–H groups in total. The molecule has 0 aliphatic heterocycles. The second kappa shape index (κ2) is 10.0. The van der Waals surface area contributed by atoms with Crippen LogP contribution in [0.5, 0.6) is 0 Å². The molecule has 11 heteroatoms. The summed E-state index contributed by atoms with van der Waals surface area (Å²) in [5.74, 6) is -1.63. The topological polar surface area (TPSA) is 90.6 Å². The van der Waals surface area contributed by atoms with Crippen LogP contribution in [0.4, 0.5) is 20.2 Å². The Hall–Kier alpha value is -1.75. The molecule has 1 unspecified atom stereocenters. The van der Waals surface area contributed by atoms with Gasteiger partial charge in [-0.15, -0.1) is 0 Å². The minimum Gasteiger partial charge on any atom is -0.591 e. The van der Waals surface area contributed by atoms with Crippen LogP contribution in [0.2, 0.25) is 5.02 Å². The van der Waals surface area contributed by atoms with E-state index in [1.54, 1.807) is 20.8 Å². The lowest BCUT2D eigenvalue weighted by Crippen LogP contribution is -2.26. The van der Waals surface area contributed by atoms with Crippen molar-refractivity contribution >= 4 is 56.5 Å². The Morgan fingerprint density at radius 1 is 1.33 bits per heavy atom. The van der Waals surface area contributed by atoms with E-state index in [9.17, 15) is 23.4 Å². The molecular weight excluding hydrogens is 504 g/mol. The summed E-state index contributed by atoms with van der Waals surface area (Å²) in [5.41, 5.74) is -0.171. The van der Waals surface area contributed by atoms with E-state index in [1.807, 2.05) is 0 Å². The van der Waals surface area contributed by atoms with Crippen molar-refractivity contribution in [3.8, 4) is 0 Å². The van der Waals surface area contributed by atoms with Gasteiger partial charge in [-0.25, -0.2) is 8.78 Å². The monoisotopic (exact) mass is 521 g/mol. The molecule has 0 amide bonds. The maximum Gasteiger partial charge on any atom is 0.292 e. The average molecular weight is 523 g/mol. The third-order valence-electron chi connectivity index (χ3n) is 3.91. The smallest absolute Gasteiger partial charge is 0.292 e. The Morgan fingerprint density at radius 3 is 2.57 bits per heavy atom. The van der Waals surface area contributed by atoms with Crippen LogP contribution in [0.1, 0.15) is 38.8 Å². The zero-order valence-electron chi connectivity index (χ0n) is 16.3. The van der Waals surface area contributed by atoms with Crippen molar-refractivity contribution in [2.24, 2.45) is 4.40 Å². The van der Waals surface area contributed by atoms with Crippen LogP contribution in [0.3, 0.4) is 0 Å². The molecule has 2 rings (SSSR count). The number of nitro groups is 1. The Labute approximate surface area is 189 Å². The lowest BCUT2D eigenvalue weighted by atomic mass is 10.0. The first-order valence-electron chi connectivity index (χ1n) is 8.69. The van der Waals surface area contributed by atoms with Crippen LogP contribution in [0.25, 0.3) is 0 Å². The summed E-state index contributed by atoms with van der Waals surface area (Å²) in [6, 6.07) is 4.84. The van der Waals surface area contributed by atoms with Crippen molar-refractivity contribution in [3.63, 3.8) is 0 Å². The number of rotatable bonds is 7. The SMILES string of the molecule is CC(C)(C)[S+]([O-])N=CC[C@@H](Nc1cc(Cl)ccc1[N+](=O)[O-])c1c(F)cc(F)cc1Br.